The monoisotopic (exact) mass is 470 g/mol. The molecule has 0 radical (unpaired) electrons. The molecule has 166 valence electrons. The third kappa shape index (κ3) is 5.17. The number of hydrogen-bond acceptors (Lipinski definition) is 7. The number of hydrogen-bond donors (Lipinski definition) is 0. The standard InChI is InChI=1S/C23H22N2O5S2/c1-4-7-17-10-16(13-20-22(26)24(5-2)23(31)32-20)12-19(29-3)21(17)30-14-15-8-6-9-18(11-15)25(27)28/h4,6,8-13H,1,5,7,14H2,2-3H3/b20-13-. The van der Waals surface area contributed by atoms with E-state index in [2.05, 4.69) is 6.58 Å². The molecule has 0 N–H and O–H groups in total. The Morgan fingerprint density at radius 2 is 2.09 bits per heavy atom. The number of rotatable bonds is 9. The van der Waals surface area contributed by atoms with E-state index in [4.69, 9.17) is 21.7 Å². The van der Waals surface area contributed by atoms with E-state index in [1.807, 2.05) is 13.0 Å². The molecule has 1 aliphatic heterocycles. The van der Waals surface area contributed by atoms with Gasteiger partial charge in [-0.15, -0.1) is 6.58 Å². The zero-order valence-electron chi connectivity index (χ0n) is 17.7. The number of likely N-dealkylation sites (N-methyl/N-ethyl adjacent to an activating group) is 1. The molecule has 0 bridgehead atoms. The maximum Gasteiger partial charge on any atom is 0.269 e. The number of ether oxygens (including phenoxy) is 2. The van der Waals surface area contributed by atoms with Crippen molar-refractivity contribution in [2.24, 2.45) is 0 Å². The minimum absolute atomic E-state index is 0.00382. The molecule has 7 nitrogen and oxygen atoms in total. The molecular weight excluding hydrogens is 448 g/mol. The van der Waals surface area contributed by atoms with Crippen molar-refractivity contribution in [3.05, 3.63) is 80.8 Å². The summed E-state index contributed by atoms with van der Waals surface area (Å²) < 4.78 is 12.1. The van der Waals surface area contributed by atoms with Crippen molar-refractivity contribution in [3.8, 4) is 11.5 Å². The van der Waals surface area contributed by atoms with Crippen molar-refractivity contribution in [1.29, 1.82) is 0 Å². The first-order valence-electron chi connectivity index (χ1n) is 9.81. The molecule has 0 aliphatic carbocycles. The Bertz CT molecular complexity index is 1110. The van der Waals surface area contributed by atoms with Crippen molar-refractivity contribution in [1.82, 2.24) is 4.90 Å². The summed E-state index contributed by atoms with van der Waals surface area (Å²) in [7, 11) is 1.54. The van der Waals surface area contributed by atoms with E-state index >= 15 is 0 Å². The molecular formula is C23H22N2O5S2. The van der Waals surface area contributed by atoms with E-state index in [9.17, 15) is 14.9 Å². The van der Waals surface area contributed by atoms with Crippen molar-refractivity contribution < 1.29 is 19.2 Å². The van der Waals surface area contributed by atoms with Gasteiger partial charge in [0.2, 0.25) is 0 Å². The smallest absolute Gasteiger partial charge is 0.269 e. The lowest BCUT2D eigenvalue weighted by Gasteiger charge is -2.16. The molecule has 1 fully saturated rings. The summed E-state index contributed by atoms with van der Waals surface area (Å²) in [5.74, 6) is 0.905. The third-order valence-electron chi connectivity index (χ3n) is 4.73. The van der Waals surface area contributed by atoms with Crippen molar-refractivity contribution in [2.45, 2.75) is 20.0 Å². The van der Waals surface area contributed by atoms with Gasteiger partial charge in [0.05, 0.1) is 16.9 Å². The summed E-state index contributed by atoms with van der Waals surface area (Å²) >= 11 is 6.55. The van der Waals surface area contributed by atoms with Gasteiger partial charge in [0.1, 0.15) is 10.9 Å². The van der Waals surface area contributed by atoms with E-state index in [0.29, 0.717) is 39.3 Å². The molecule has 9 heteroatoms. The minimum atomic E-state index is -0.441. The maximum absolute atomic E-state index is 12.5. The molecule has 0 atom stereocenters. The molecule has 1 saturated heterocycles. The predicted octanol–water partition coefficient (Wildman–Crippen LogP) is 5.13. The van der Waals surface area contributed by atoms with Crippen LogP contribution in [0.2, 0.25) is 0 Å². The van der Waals surface area contributed by atoms with Crippen LogP contribution in [0.5, 0.6) is 11.5 Å². The van der Waals surface area contributed by atoms with E-state index < -0.39 is 4.92 Å². The Hall–Kier alpha value is -3.17. The normalized spacial score (nSPS) is 14.7. The summed E-state index contributed by atoms with van der Waals surface area (Å²) in [6.45, 7) is 6.35. The molecule has 1 amide bonds. The number of allylic oxidation sites excluding steroid dienone is 1. The van der Waals surface area contributed by atoms with E-state index in [1.165, 1.54) is 31.0 Å². The zero-order valence-corrected chi connectivity index (χ0v) is 19.3. The number of benzene rings is 2. The Balaban J connectivity index is 1.92. The Kier molecular flexibility index (Phi) is 7.66. The molecule has 0 aromatic heterocycles. The van der Waals surface area contributed by atoms with Gasteiger partial charge in [0.15, 0.2) is 11.5 Å². The third-order valence-corrected chi connectivity index (χ3v) is 6.11. The predicted molar refractivity (Wildman–Crippen MR) is 130 cm³/mol. The zero-order chi connectivity index (χ0) is 23.3. The Morgan fingerprint density at radius 3 is 2.72 bits per heavy atom. The number of nitro groups is 1. The van der Waals surface area contributed by atoms with Crippen LogP contribution in [0.25, 0.3) is 6.08 Å². The van der Waals surface area contributed by atoms with Crippen molar-refractivity contribution in [3.63, 3.8) is 0 Å². The number of non-ortho nitro benzene ring substituents is 1. The first-order chi connectivity index (χ1) is 15.4. The summed E-state index contributed by atoms with van der Waals surface area (Å²) in [4.78, 5) is 25.2. The summed E-state index contributed by atoms with van der Waals surface area (Å²) in [5.41, 5.74) is 2.27. The van der Waals surface area contributed by atoms with Gasteiger partial charge in [-0.1, -0.05) is 42.2 Å². The number of nitrogens with zero attached hydrogens (tertiary/aromatic N) is 2. The van der Waals surface area contributed by atoms with Gasteiger partial charge in [-0.25, -0.2) is 0 Å². The van der Waals surface area contributed by atoms with Gasteiger partial charge in [0.25, 0.3) is 11.6 Å². The second kappa shape index (κ2) is 10.4. The van der Waals surface area contributed by atoms with Crippen LogP contribution >= 0.6 is 24.0 Å². The second-order valence-corrected chi connectivity index (χ2v) is 8.52. The van der Waals surface area contributed by atoms with Gasteiger partial charge in [-0.3, -0.25) is 19.8 Å². The highest BCUT2D eigenvalue weighted by molar-refractivity contribution is 8.26. The molecule has 2 aromatic rings. The highest BCUT2D eigenvalue weighted by atomic mass is 32.2. The van der Waals surface area contributed by atoms with Crippen molar-refractivity contribution in [2.75, 3.05) is 13.7 Å². The molecule has 1 aliphatic rings. The lowest BCUT2D eigenvalue weighted by atomic mass is 10.0. The maximum atomic E-state index is 12.5. The lowest BCUT2D eigenvalue weighted by molar-refractivity contribution is -0.384. The average Bonchev–Trinajstić information content (AvgIpc) is 3.05. The number of carbonyl (C=O) groups excluding carboxylic acids is 1. The molecule has 1 heterocycles. The number of amides is 1. The van der Waals surface area contributed by atoms with Crippen LogP contribution in [0.3, 0.4) is 0 Å². The lowest BCUT2D eigenvalue weighted by Crippen LogP contribution is -2.27. The number of thiocarbonyl (C=S) groups is 1. The molecule has 0 saturated carbocycles. The van der Waals surface area contributed by atoms with E-state index in [-0.39, 0.29) is 18.2 Å². The summed E-state index contributed by atoms with van der Waals surface area (Å²) in [6.07, 6.45) is 4.04. The average molecular weight is 471 g/mol. The number of methoxy groups -OCH3 is 1. The first-order valence-corrected chi connectivity index (χ1v) is 11.0. The number of carbonyl (C=O) groups is 1. The van der Waals surface area contributed by atoms with Crippen LogP contribution in [-0.4, -0.2) is 33.7 Å². The van der Waals surface area contributed by atoms with Crippen molar-refractivity contribution >= 4 is 46.0 Å². The highest BCUT2D eigenvalue weighted by Crippen LogP contribution is 2.37. The second-order valence-electron chi connectivity index (χ2n) is 6.85. The fraction of sp³-hybridized carbons (Fsp3) is 0.217. The van der Waals surface area contributed by atoms with Gasteiger partial charge in [0, 0.05) is 24.2 Å². The largest absolute Gasteiger partial charge is 0.493 e. The topological polar surface area (TPSA) is 81.9 Å². The number of thioether (sulfide) groups is 1. The van der Waals surface area contributed by atoms with Crippen LogP contribution in [0.4, 0.5) is 5.69 Å². The number of nitro benzene ring substituents is 1. The van der Waals surface area contributed by atoms with Gasteiger partial charge in [-0.05, 0) is 42.7 Å². The van der Waals surface area contributed by atoms with Gasteiger partial charge >= 0.3 is 0 Å². The molecule has 0 unspecified atom stereocenters. The summed E-state index contributed by atoms with van der Waals surface area (Å²) in [5, 5.41) is 11.0. The molecule has 3 rings (SSSR count). The fourth-order valence-corrected chi connectivity index (χ4v) is 4.61. The quantitative estimate of drug-likeness (QED) is 0.165. The van der Waals surface area contributed by atoms with Crippen LogP contribution in [0.1, 0.15) is 23.6 Å². The van der Waals surface area contributed by atoms with E-state index in [1.54, 1.807) is 35.3 Å². The minimum Gasteiger partial charge on any atom is -0.493 e. The van der Waals surface area contributed by atoms with Crippen LogP contribution in [0.15, 0.2) is 54.0 Å². The first kappa shape index (κ1) is 23.5. The van der Waals surface area contributed by atoms with Gasteiger partial charge < -0.3 is 9.47 Å². The van der Waals surface area contributed by atoms with Crippen LogP contribution < -0.4 is 9.47 Å². The van der Waals surface area contributed by atoms with Crippen LogP contribution in [-0.2, 0) is 17.8 Å². The highest BCUT2D eigenvalue weighted by Gasteiger charge is 2.30. The Labute approximate surface area is 195 Å². The van der Waals surface area contributed by atoms with Gasteiger partial charge in [-0.2, -0.15) is 0 Å². The summed E-state index contributed by atoms with van der Waals surface area (Å²) in [6, 6.07) is 9.98. The molecule has 0 spiro atoms. The molecule has 2 aromatic carbocycles. The van der Waals surface area contributed by atoms with Crippen LogP contribution in [0, 0.1) is 10.1 Å². The molecule has 32 heavy (non-hydrogen) atoms. The SMILES string of the molecule is C=CCc1cc(/C=C2\SC(=S)N(CC)C2=O)cc(OC)c1OCc1cccc([N+](=O)[O-])c1. The Morgan fingerprint density at radius 1 is 1.31 bits per heavy atom. The van der Waals surface area contributed by atoms with E-state index in [0.717, 1.165) is 11.1 Å². The fourth-order valence-electron chi connectivity index (χ4n) is 3.23.